The summed E-state index contributed by atoms with van der Waals surface area (Å²) in [6.07, 6.45) is 5.95. The van der Waals surface area contributed by atoms with Crippen LogP contribution in [0.2, 0.25) is 0 Å². The fourth-order valence-corrected chi connectivity index (χ4v) is 4.56. The number of ether oxygens (including phenoxy) is 1. The van der Waals surface area contributed by atoms with Gasteiger partial charge in [0.1, 0.15) is 10.8 Å². The Balaban J connectivity index is 1.36. The maximum Gasteiger partial charge on any atom is 0.261 e. The normalized spacial score (nSPS) is 19.1. The van der Waals surface area contributed by atoms with Gasteiger partial charge >= 0.3 is 0 Å². The lowest BCUT2D eigenvalue weighted by molar-refractivity contribution is -0.128. The van der Waals surface area contributed by atoms with Crippen LogP contribution in [0.3, 0.4) is 0 Å². The van der Waals surface area contributed by atoms with E-state index in [0.29, 0.717) is 6.54 Å². The van der Waals surface area contributed by atoms with E-state index in [-0.39, 0.29) is 5.91 Å². The number of aromatic nitrogens is 1. The molecular formula is C19H22N2O2S. The van der Waals surface area contributed by atoms with Crippen LogP contribution in [0.25, 0.3) is 0 Å². The second-order valence-corrected chi connectivity index (χ2v) is 7.83. The van der Waals surface area contributed by atoms with Gasteiger partial charge in [0, 0.05) is 4.88 Å². The standard InChI is InChI=1S/C19H22N2O2S/c1-12-6-8-15-13(10-12)7-9-16(23-15)19(22)20-11-18-21-14-4-2-3-5-17(14)24-18/h6,8,10,16H,2-5,7,9,11H2,1H3,(H,20,22). The molecule has 1 aromatic heterocycles. The van der Waals surface area contributed by atoms with Crippen molar-refractivity contribution in [3.63, 3.8) is 0 Å². The van der Waals surface area contributed by atoms with Crippen LogP contribution in [0, 0.1) is 6.92 Å². The van der Waals surface area contributed by atoms with Crippen LogP contribution in [0.4, 0.5) is 0 Å². The lowest BCUT2D eigenvalue weighted by Gasteiger charge is -2.25. The molecule has 5 heteroatoms. The molecule has 0 spiro atoms. The van der Waals surface area contributed by atoms with Crippen LogP contribution >= 0.6 is 11.3 Å². The van der Waals surface area contributed by atoms with E-state index in [1.165, 1.54) is 34.5 Å². The van der Waals surface area contributed by atoms with Crippen molar-refractivity contribution in [3.8, 4) is 5.75 Å². The van der Waals surface area contributed by atoms with E-state index in [0.717, 1.165) is 36.4 Å². The summed E-state index contributed by atoms with van der Waals surface area (Å²) in [6, 6.07) is 6.14. The molecular weight excluding hydrogens is 320 g/mol. The summed E-state index contributed by atoms with van der Waals surface area (Å²) in [6.45, 7) is 2.59. The molecule has 2 aromatic rings. The van der Waals surface area contributed by atoms with Gasteiger partial charge in [-0.25, -0.2) is 4.98 Å². The largest absolute Gasteiger partial charge is 0.480 e. The highest BCUT2D eigenvalue weighted by molar-refractivity contribution is 7.11. The summed E-state index contributed by atoms with van der Waals surface area (Å²) in [5.41, 5.74) is 3.67. The fraction of sp³-hybridized carbons (Fsp3) is 0.474. The molecule has 0 bridgehead atoms. The van der Waals surface area contributed by atoms with E-state index in [1.54, 1.807) is 11.3 Å². The highest BCUT2D eigenvalue weighted by atomic mass is 32.1. The molecule has 2 heterocycles. The summed E-state index contributed by atoms with van der Waals surface area (Å²) in [5, 5.41) is 4.02. The van der Waals surface area contributed by atoms with Crippen molar-refractivity contribution in [3.05, 3.63) is 44.9 Å². The molecule has 1 aliphatic heterocycles. The zero-order valence-electron chi connectivity index (χ0n) is 13.9. The highest BCUT2D eigenvalue weighted by Gasteiger charge is 2.26. The van der Waals surface area contributed by atoms with Gasteiger partial charge in [-0.05, 0) is 57.1 Å². The number of nitrogens with one attached hydrogen (secondary N) is 1. The Bertz CT molecular complexity index is 745. The zero-order chi connectivity index (χ0) is 16.5. The molecule has 1 amide bonds. The van der Waals surface area contributed by atoms with Gasteiger partial charge in [0.15, 0.2) is 6.10 Å². The maximum absolute atomic E-state index is 12.4. The Morgan fingerprint density at radius 1 is 1.33 bits per heavy atom. The number of amides is 1. The number of thiazole rings is 1. The van der Waals surface area contributed by atoms with Crippen molar-refractivity contribution in [2.24, 2.45) is 0 Å². The van der Waals surface area contributed by atoms with Crippen LogP contribution in [0.1, 0.15) is 46.0 Å². The van der Waals surface area contributed by atoms with Crippen LogP contribution in [0.15, 0.2) is 18.2 Å². The van der Waals surface area contributed by atoms with Gasteiger partial charge in [0.2, 0.25) is 0 Å². The third-order valence-electron chi connectivity index (χ3n) is 4.76. The van der Waals surface area contributed by atoms with Crippen molar-refractivity contribution < 1.29 is 9.53 Å². The van der Waals surface area contributed by atoms with Gasteiger partial charge in [-0.2, -0.15) is 0 Å². The molecule has 0 saturated heterocycles. The monoisotopic (exact) mass is 342 g/mol. The van der Waals surface area contributed by atoms with Crippen LogP contribution in [0.5, 0.6) is 5.75 Å². The lowest BCUT2D eigenvalue weighted by Crippen LogP contribution is -2.40. The Kier molecular flexibility index (Phi) is 4.27. The minimum Gasteiger partial charge on any atom is -0.480 e. The SMILES string of the molecule is Cc1ccc2c(c1)CCC(C(=O)NCc1nc3c(s1)CCCC3)O2. The van der Waals surface area contributed by atoms with Crippen LogP contribution in [-0.4, -0.2) is 17.0 Å². The Morgan fingerprint density at radius 2 is 2.21 bits per heavy atom. The third-order valence-corrected chi connectivity index (χ3v) is 5.91. The lowest BCUT2D eigenvalue weighted by atomic mass is 10.00. The number of nitrogens with zero attached hydrogens (tertiary/aromatic N) is 1. The minimum atomic E-state index is -0.394. The molecule has 2 aliphatic rings. The van der Waals surface area contributed by atoms with Gasteiger partial charge in [-0.15, -0.1) is 11.3 Å². The van der Waals surface area contributed by atoms with Crippen molar-refractivity contribution in [1.82, 2.24) is 10.3 Å². The maximum atomic E-state index is 12.4. The predicted molar refractivity (Wildman–Crippen MR) is 94.5 cm³/mol. The second kappa shape index (κ2) is 6.55. The van der Waals surface area contributed by atoms with Crippen molar-refractivity contribution in [2.45, 2.75) is 58.1 Å². The molecule has 1 N–H and O–H groups in total. The first-order valence-corrected chi connectivity index (χ1v) is 9.52. The molecule has 1 aliphatic carbocycles. The van der Waals surface area contributed by atoms with Crippen LogP contribution < -0.4 is 10.1 Å². The smallest absolute Gasteiger partial charge is 0.261 e. The number of fused-ring (bicyclic) bond motifs is 2. The van der Waals surface area contributed by atoms with Gasteiger partial charge in [0.25, 0.3) is 5.91 Å². The van der Waals surface area contributed by atoms with Crippen molar-refractivity contribution >= 4 is 17.2 Å². The Hall–Kier alpha value is -1.88. The van der Waals surface area contributed by atoms with E-state index in [1.807, 2.05) is 12.1 Å². The minimum absolute atomic E-state index is 0.0330. The molecule has 126 valence electrons. The molecule has 0 fully saturated rings. The second-order valence-electron chi connectivity index (χ2n) is 6.66. The van der Waals surface area contributed by atoms with E-state index in [4.69, 9.17) is 4.74 Å². The number of benzene rings is 1. The fourth-order valence-electron chi connectivity index (χ4n) is 3.46. The molecule has 1 unspecified atom stereocenters. The van der Waals surface area contributed by atoms with Gasteiger partial charge in [0.05, 0.1) is 12.2 Å². The quantitative estimate of drug-likeness (QED) is 0.931. The third kappa shape index (κ3) is 3.18. The molecule has 4 nitrogen and oxygen atoms in total. The van der Waals surface area contributed by atoms with E-state index < -0.39 is 6.10 Å². The summed E-state index contributed by atoms with van der Waals surface area (Å²) in [4.78, 5) is 18.5. The Morgan fingerprint density at radius 3 is 3.08 bits per heavy atom. The number of rotatable bonds is 3. The topological polar surface area (TPSA) is 51.2 Å². The molecule has 1 atom stereocenters. The molecule has 0 radical (unpaired) electrons. The molecule has 4 rings (SSSR count). The summed E-state index contributed by atoms with van der Waals surface area (Å²) >= 11 is 1.75. The summed E-state index contributed by atoms with van der Waals surface area (Å²) in [5.74, 6) is 0.811. The summed E-state index contributed by atoms with van der Waals surface area (Å²) in [7, 11) is 0. The van der Waals surface area contributed by atoms with Crippen molar-refractivity contribution in [2.75, 3.05) is 0 Å². The van der Waals surface area contributed by atoms with Gasteiger partial charge < -0.3 is 10.1 Å². The highest BCUT2D eigenvalue weighted by Crippen LogP contribution is 2.29. The van der Waals surface area contributed by atoms with E-state index in [9.17, 15) is 4.79 Å². The molecule has 1 aromatic carbocycles. The van der Waals surface area contributed by atoms with Gasteiger partial charge in [-0.1, -0.05) is 17.7 Å². The van der Waals surface area contributed by atoms with E-state index in [2.05, 4.69) is 23.3 Å². The van der Waals surface area contributed by atoms with Crippen molar-refractivity contribution in [1.29, 1.82) is 0 Å². The number of aryl methyl sites for hydroxylation is 4. The molecule has 24 heavy (non-hydrogen) atoms. The average molecular weight is 342 g/mol. The Labute approximate surface area is 146 Å². The predicted octanol–water partition coefficient (Wildman–Crippen LogP) is 3.34. The number of hydrogen-bond donors (Lipinski definition) is 1. The van der Waals surface area contributed by atoms with E-state index >= 15 is 0 Å². The number of hydrogen-bond acceptors (Lipinski definition) is 4. The molecule has 0 saturated carbocycles. The van der Waals surface area contributed by atoms with Gasteiger partial charge in [-0.3, -0.25) is 4.79 Å². The average Bonchev–Trinajstić information content (AvgIpc) is 3.02. The first kappa shape index (κ1) is 15.6. The summed E-state index contributed by atoms with van der Waals surface area (Å²) < 4.78 is 5.89. The first-order chi connectivity index (χ1) is 11.7. The number of carbonyl (C=O) groups excluding carboxylic acids is 1. The zero-order valence-corrected chi connectivity index (χ0v) is 14.7. The van der Waals surface area contributed by atoms with Crippen LogP contribution in [-0.2, 0) is 30.6 Å². The number of carbonyl (C=O) groups is 1. The first-order valence-electron chi connectivity index (χ1n) is 8.70.